The minimum absolute atomic E-state index is 0.232. The largest absolute Gasteiger partial charge is 0.444 e. The standard InChI is InChI=1S/C29H33N7O4/c1-5-15-31-26-21(17-32-27(36-26)35-22-13-11-20(12-14-22)25(30)38)10-9-19-7-6-8-23(16-19)34-24(37)18-33-28(39)40-29(2,3)4/h6-8,11-14,16-17H,5,15,18H2,1-4H3,(H2,30,38)(H,33,39)(H,34,37)(H2,31,32,35,36). The third-order valence-corrected chi connectivity index (χ3v) is 5.04. The quantitative estimate of drug-likeness (QED) is 0.253. The van der Waals surface area contributed by atoms with Gasteiger partial charge in [0.1, 0.15) is 18.0 Å². The number of rotatable bonds is 9. The first-order valence-corrected chi connectivity index (χ1v) is 12.7. The Morgan fingerprint density at radius 3 is 2.45 bits per heavy atom. The van der Waals surface area contributed by atoms with Crippen molar-refractivity contribution in [1.82, 2.24) is 15.3 Å². The molecule has 0 aliphatic heterocycles. The number of nitrogens with one attached hydrogen (secondary N) is 4. The molecule has 40 heavy (non-hydrogen) atoms. The fourth-order valence-corrected chi connectivity index (χ4v) is 3.24. The zero-order chi connectivity index (χ0) is 29.1. The molecule has 0 saturated heterocycles. The molecule has 0 atom stereocenters. The van der Waals surface area contributed by atoms with E-state index < -0.39 is 23.5 Å². The average Bonchev–Trinajstić information content (AvgIpc) is 2.90. The maximum Gasteiger partial charge on any atom is 0.408 e. The maximum absolute atomic E-state index is 12.3. The highest BCUT2D eigenvalue weighted by Gasteiger charge is 2.16. The zero-order valence-corrected chi connectivity index (χ0v) is 22.9. The molecule has 11 nitrogen and oxygen atoms in total. The predicted octanol–water partition coefficient (Wildman–Crippen LogP) is 4.00. The lowest BCUT2D eigenvalue weighted by Crippen LogP contribution is -2.37. The Morgan fingerprint density at radius 1 is 1.02 bits per heavy atom. The number of carbonyl (C=O) groups is 3. The predicted molar refractivity (Wildman–Crippen MR) is 154 cm³/mol. The molecule has 0 radical (unpaired) electrons. The number of primary amides is 1. The number of alkyl carbamates (subject to hydrolysis) is 1. The van der Waals surface area contributed by atoms with Gasteiger partial charge in [-0.15, -0.1) is 0 Å². The van der Waals surface area contributed by atoms with Gasteiger partial charge in [0.15, 0.2) is 0 Å². The van der Waals surface area contributed by atoms with Crippen molar-refractivity contribution < 1.29 is 19.1 Å². The fraction of sp³-hybridized carbons (Fsp3) is 0.276. The smallest absolute Gasteiger partial charge is 0.408 e. The minimum Gasteiger partial charge on any atom is -0.444 e. The van der Waals surface area contributed by atoms with E-state index in [0.717, 1.165) is 6.42 Å². The van der Waals surface area contributed by atoms with Crippen molar-refractivity contribution >= 4 is 41.0 Å². The van der Waals surface area contributed by atoms with Gasteiger partial charge in [0.25, 0.3) is 0 Å². The van der Waals surface area contributed by atoms with Crippen LogP contribution in [0.3, 0.4) is 0 Å². The molecular formula is C29H33N7O4. The monoisotopic (exact) mass is 543 g/mol. The number of carbonyl (C=O) groups excluding carboxylic acids is 3. The first-order chi connectivity index (χ1) is 19.0. The van der Waals surface area contributed by atoms with Gasteiger partial charge in [-0.05, 0) is 69.7 Å². The Balaban J connectivity index is 1.69. The molecule has 0 bridgehead atoms. The molecule has 1 aromatic heterocycles. The Bertz CT molecular complexity index is 1420. The Kier molecular flexibility index (Phi) is 10.0. The average molecular weight is 544 g/mol. The zero-order valence-electron chi connectivity index (χ0n) is 22.9. The third kappa shape index (κ3) is 9.64. The molecule has 0 fully saturated rings. The number of hydrogen-bond acceptors (Lipinski definition) is 8. The molecule has 0 saturated carbocycles. The molecule has 0 spiro atoms. The lowest BCUT2D eigenvalue weighted by molar-refractivity contribution is -0.115. The van der Waals surface area contributed by atoms with Crippen molar-refractivity contribution in [2.45, 2.75) is 39.7 Å². The topological polar surface area (TPSA) is 160 Å². The van der Waals surface area contributed by atoms with Crippen molar-refractivity contribution in [3.05, 3.63) is 71.4 Å². The van der Waals surface area contributed by atoms with E-state index in [4.69, 9.17) is 10.5 Å². The number of aromatic nitrogens is 2. The van der Waals surface area contributed by atoms with Crippen LogP contribution >= 0.6 is 0 Å². The summed E-state index contributed by atoms with van der Waals surface area (Å²) in [6.45, 7) is 7.73. The number of benzene rings is 2. The Hall–Kier alpha value is -5.11. The lowest BCUT2D eigenvalue weighted by Gasteiger charge is -2.19. The van der Waals surface area contributed by atoms with Crippen LogP contribution in [0, 0.1) is 11.8 Å². The van der Waals surface area contributed by atoms with Crippen molar-refractivity contribution in [3.63, 3.8) is 0 Å². The molecule has 1 heterocycles. The number of nitrogens with two attached hydrogens (primary N) is 1. The summed E-state index contributed by atoms with van der Waals surface area (Å²) in [6, 6.07) is 13.7. The lowest BCUT2D eigenvalue weighted by atomic mass is 10.2. The van der Waals surface area contributed by atoms with Crippen LogP contribution < -0.4 is 27.0 Å². The molecule has 0 aliphatic rings. The van der Waals surface area contributed by atoms with Gasteiger partial charge in [0.2, 0.25) is 17.8 Å². The number of anilines is 4. The van der Waals surface area contributed by atoms with E-state index in [2.05, 4.69) is 43.1 Å². The van der Waals surface area contributed by atoms with Gasteiger partial charge in [0, 0.05) is 29.0 Å². The second-order valence-electron chi connectivity index (χ2n) is 9.68. The van der Waals surface area contributed by atoms with E-state index in [1.807, 2.05) is 13.0 Å². The molecule has 0 aliphatic carbocycles. The molecule has 3 rings (SSSR count). The van der Waals surface area contributed by atoms with E-state index in [0.29, 0.717) is 46.4 Å². The van der Waals surface area contributed by atoms with Gasteiger partial charge < -0.3 is 31.7 Å². The van der Waals surface area contributed by atoms with Gasteiger partial charge in [0.05, 0.1) is 11.8 Å². The second-order valence-corrected chi connectivity index (χ2v) is 9.68. The second kappa shape index (κ2) is 13.6. The van der Waals surface area contributed by atoms with Gasteiger partial charge in [-0.25, -0.2) is 9.78 Å². The summed E-state index contributed by atoms with van der Waals surface area (Å²) >= 11 is 0. The minimum atomic E-state index is -0.667. The van der Waals surface area contributed by atoms with E-state index in [9.17, 15) is 14.4 Å². The summed E-state index contributed by atoms with van der Waals surface area (Å²) in [6.07, 6.45) is 1.84. The number of nitrogens with zero attached hydrogens (tertiary/aromatic N) is 2. The summed E-state index contributed by atoms with van der Waals surface area (Å²) in [5.74, 6) is 6.20. The molecule has 3 aromatic rings. The molecule has 0 unspecified atom stereocenters. The fourth-order valence-electron chi connectivity index (χ4n) is 3.24. The highest BCUT2D eigenvalue weighted by molar-refractivity contribution is 5.94. The molecule has 11 heteroatoms. The van der Waals surface area contributed by atoms with Gasteiger partial charge in [-0.3, -0.25) is 9.59 Å². The van der Waals surface area contributed by atoms with Gasteiger partial charge in [-0.1, -0.05) is 24.8 Å². The molecule has 6 N–H and O–H groups in total. The Labute approximate surface area is 233 Å². The number of hydrogen-bond donors (Lipinski definition) is 5. The maximum atomic E-state index is 12.3. The summed E-state index contributed by atoms with van der Waals surface area (Å²) in [7, 11) is 0. The van der Waals surface area contributed by atoms with E-state index in [1.165, 1.54) is 0 Å². The van der Waals surface area contributed by atoms with Gasteiger partial charge in [-0.2, -0.15) is 4.98 Å². The van der Waals surface area contributed by atoms with Crippen LogP contribution in [-0.4, -0.2) is 46.6 Å². The normalized spacial score (nSPS) is 10.5. The van der Waals surface area contributed by atoms with E-state index >= 15 is 0 Å². The highest BCUT2D eigenvalue weighted by Crippen LogP contribution is 2.18. The summed E-state index contributed by atoms with van der Waals surface area (Å²) in [5, 5.41) is 11.5. The third-order valence-electron chi connectivity index (χ3n) is 5.04. The van der Waals surface area contributed by atoms with Crippen LogP contribution in [0.2, 0.25) is 0 Å². The van der Waals surface area contributed by atoms with Crippen LogP contribution in [0.15, 0.2) is 54.7 Å². The summed E-state index contributed by atoms with van der Waals surface area (Å²) < 4.78 is 5.13. The van der Waals surface area contributed by atoms with Crippen LogP contribution in [0.1, 0.15) is 55.6 Å². The van der Waals surface area contributed by atoms with Crippen molar-refractivity contribution in [3.8, 4) is 11.8 Å². The van der Waals surface area contributed by atoms with Gasteiger partial charge >= 0.3 is 6.09 Å². The SMILES string of the molecule is CCCNc1nc(Nc2ccc(C(N)=O)cc2)ncc1C#Cc1cccc(NC(=O)CNC(=O)OC(C)(C)C)c1. The molecule has 208 valence electrons. The van der Waals surface area contributed by atoms with Crippen molar-refractivity contribution in [2.24, 2.45) is 5.73 Å². The van der Waals surface area contributed by atoms with Crippen LogP contribution in [0.5, 0.6) is 0 Å². The highest BCUT2D eigenvalue weighted by atomic mass is 16.6. The van der Waals surface area contributed by atoms with Crippen molar-refractivity contribution in [2.75, 3.05) is 29.0 Å². The number of amides is 3. The van der Waals surface area contributed by atoms with E-state index in [-0.39, 0.29) is 6.54 Å². The molecular weight excluding hydrogens is 510 g/mol. The molecule has 2 aromatic carbocycles. The van der Waals surface area contributed by atoms with E-state index in [1.54, 1.807) is 69.4 Å². The van der Waals surface area contributed by atoms with Crippen LogP contribution in [-0.2, 0) is 9.53 Å². The van der Waals surface area contributed by atoms with Crippen LogP contribution in [0.25, 0.3) is 0 Å². The molecule has 3 amide bonds. The number of ether oxygens (including phenoxy) is 1. The summed E-state index contributed by atoms with van der Waals surface area (Å²) in [5.41, 5.74) is 7.54. The Morgan fingerprint density at radius 2 is 1.77 bits per heavy atom. The van der Waals surface area contributed by atoms with Crippen LogP contribution in [0.4, 0.5) is 27.9 Å². The summed E-state index contributed by atoms with van der Waals surface area (Å²) in [4.78, 5) is 44.2. The van der Waals surface area contributed by atoms with Crippen molar-refractivity contribution in [1.29, 1.82) is 0 Å². The first-order valence-electron chi connectivity index (χ1n) is 12.7. The first kappa shape index (κ1) is 29.4.